The number of hydrogen-bond acceptors (Lipinski definition) is 7. The van der Waals surface area contributed by atoms with Crippen LogP contribution in [0.4, 0.5) is 11.4 Å². The summed E-state index contributed by atoms with van der Waals surface area (Å²) >= 11 is 6.08. The van der Waals surface area contributed by atoms with Crippen molar-refractivity contribution < 1.29 is 33.7 Å². The van der Waals surface area contributed by atoms with Gasteiger partial charge in [0.25, 0.3) is 17.7 Å². The number of nitrogens with zero attached hydrogens (tertiary/aromatic N) is 1. The molecule has 244 valence electrons. The highest BCUT2D eigenvalue weighted by Crippen LogP contribution is 2.43. The molecule has 2 heterocycles. The summed E-state index contributed by atoms with van der Waals surface area (Å²) in [4.78, 5) is 41.1. The molecule has 0 aromatic heterocycles. The number of rotatable bonds is 10. The van der Waals surface area contributed by atoms with Gasteiger partial charge in [0.15, 0.2) is 5.76 Å². The van der Waals surface area contributed by atoms with E-state index >= 15 is 0 Å². The van der Waals surface area contributed by atoms with E-state index in [2.05, 4.69) is 29.6 Å². The number of benzene rings is 4. The molecule has 0 saturated carbocycles. The molecule has 10 heteroatoms. The Hall–Kier alpha value is -4.80. The number of aliphatic hydroxyl groups is 1. The number of ether oxygens (including phenoxy) is 3. The number of amides is 3. The third kappa shape index (κ3) is 6.02. The van der Waals surface area contributed by atoms with Crippen LogP contribution < -0.4 is 10.2 Å². The summed E-state index contributed by atoms with van der Waals surface area (Å²) in [6, 6.07) is 24.3. The molecule has 4 aromatic carbocycles. The zero-order valence-corrected chi connectivity index (χ0v) is 27.0. The Morgan fingerprint density at radius 1 is 0.938 bits per heavy atom. The summed E-state index contributed by atoms with van der Waals surface area (Å²) in [7, 11) is 0. The average Bonchev–Trinajstić information content (AvgIpc) is 3.58. The SMILES string of the molecule is Cc1cc(NC(=O)C2=C[C@@H](c3cccc4c3Cc3ccccc3-4)C[C@@H](OCCOCCO)O2)ccc1N1C(=O)c2ccc(Cl)cc2C1=O. The maximum Gasteiger partial charge on any atom is 0.290 e. The van der Waals surface area contributed by atoms with E-state index in [0.717, 1.165) is 16.9 Å². The second kappa shape index (κ2) is 13.4. The van der Waals surface area contributed by atoms with Crippen molar-refractivity contribution >= 4 is 40.7 Å². The fourth-order valence-corrected chi connectivity index (χ4v) is 6.85. The van der Waals surface area contributed by atoms with Crippen LogP contribution in [-0.4, -0.2) is 55.5 Å². The van der Waals surface area contributed by atoms with Crippen LogP contribution in [0.15, 0.2) is 90.7 Å². The highest BCUT2D eigenvalue weighted by Gasteiger charge is 2.38. The zero-order chi connectivity index (χ0) is 33.4. The van der Waals surface area contributed by atoms with E-state index in [-0.39, 0.29) is 43.7 Å². The number of imide groups is 1. The Labute approximate surface area is 282 Å². The largest absolute Gasteiger partial charge is 0.459 e. The van der Waals surface area contributed by atoms with Gasteiger partial charge in [0.2, 0.25) is 6.29 Å². The molecule has 0 unspecified atom stereocenters. The number of aryl methyl sites for hydroxylation is 1. The summed E-state index contributed by atoms with van der Waals surface area (Å²) in [5.74, 6) is -1.37. The summed E-state index contributed by atoms with van der Waals surface area (Å²) in [5, 5.41) is 12.3. The fraction of sp³-hybridized carbons (Fsp3) is 0.237. The van der Waals surface area contributed by atoms with Crippen molar-refractivity contribution in [3.63, 3.8) is 0 Å². The Morgan fingerprint density at radius 3 is 2.58 bits per heavy atom. The Bertz CT molecular complexity index is 1970. The third-order valence-electron chi connectivity index (χ3n) is 8.88. The lowest BCUT2D eigenvalue weighted by molar-refractivity contribution is -0.148. The van der Waals surface area contributed by atoms with Gasteiger partial charge in [-0.15, -0.1) is 0 Å². The summed E-state index contributed by atoms with van der Waals surface area (Å²) in [6.45, 7) is 2.41. The van der Waals surface area contributed by atoms with E-state index in [0.29, 0.717) is 33.9 Å². The maximum atomic E-state index is 13.7. The van der Waals surface area contributed by atoms with E-state index < -0.39 is 24.0 Å². The zero-order valence-electron chi connectivity index (χ0n) is 26.2. The highest BCUT2D eigenvalue weighted by molar-refractivity contribution is 6.37. The molecule has 9 nitrogen and oxygen atoms in total. The molecular weight excluding hydrogens is 632 g/mol. The van der Waals surface area contributed by atoms with Crippen molar-refractivity contribution in [3.8, 4) is 11.1 Å². The predicted octanol–water partition coefficient (Wildman–Crippen LogP) is 6.40. The summed E-state index contributed by atoms with van der Waals surface area (Å²) < 4.78 is 17.4. The lowest BCUT2D eigenvalue weighted by atomic mass is 9.87. The monoisotopic (exact) mass is 664 g/mol. The lowest BCUT2D eigenvalue weighted by Crippen LogP contribution is -2.31. The first-order valence-corrected chi connectivity index (χ1v) is 16.2. The van der Waals surface area contributed by atoms with E-state index in [1.54, 1.807) is 37.3 Å². The molecule has 2 aliphatic heterocycles. The average molecular weight is 665 g/mol. The van der Waals surface area contributed by atoms with Gasteiger partial charge in [-0.25, -0.2) is 4.90 Å². The third-order valence-corrected chi connectivity index (χ3v) is 9.11. The molecule has 0 bridgehead atoms. The van der Waals surface area contributed by atoms with Crippen LogP contribution >= 0.6 is 11.6 Å². The molecule has 7 rings (SSSR count). The minimum absolute atomic E-state index is 0.0792. The summed E-state index contributed by atoms with van der Waals surface area (Å²) in [5.41, 5.74) is 8.09. The Balaban J connectivity index is 1.12. The quantitative estimate of drug-likeness (QED) is 0.131. The van der Waals surface area contributed by atoms with Gasteiger partial charge >= 0.3 is 0 Å². The predicted molar refractivity (Wildman–Crippen MR) is 181 cm³/mol. The van der Waals surface area contributed by atoms with Gasteiger partial charge in [-0.2, -0.15) is 0 Å². The fourth-order valence-electron chi connectivity index (χ4n) is 6.68. The van der Waals surface area contributed by atoms with Crippen molar-refractivity contribution in [1.29, 1.82) is 0 Å². The van der Waals surface area contributed by atoms with E-state index in [1.807, 2.05) is 24.3 Å². The Kier molecular flexibility index (Phi) is 8.85. The van der Waals surface area contributed by atoms with Gasteiger partial charge in [-0.1, -0.05) is 54.1 Å². The van der Waals surface area contributed by atoms with Crippen molar-refractivity contribution in [2.24, 2.45) is 0 Å². The van der Waals surface area contributed by atoms with Gasteiger partial charge in [-0.05, 0) is 89.2 Å². The van der Waals surface area contributed by atoms with Crippen LogP contribution in [0.1, 0.15) is 55.3 Å². The number of fused-ring (bicyclic) bond motifs is 4. The normalized spacial score (nSPS) is 17.8. The van der Waals surface area contributed by atoms with E-state index in [1.165, 1.54) is 28.3 Å². The van der Waals surface area contributed by atoms with Crippen LogP contribution in [0.25, 0.3) is 11.1 Å². The van der Waals surface area contributed by atoms with Crippen LogP contribution in [0.5, 0.6) is 0 Å². The van der Waals surface area contributed by atoms with Crippen LogP contribution in [0, 0.1) is 6.92 Å². The van der Waals surface area contributed by atoms with Crippen molar-refractivity contribution in [2.75, 3.05) is 36.6 Å². The van der Waals surface area contributed by atoms with Gasteiger partial charge in [0.05, 0.1) is 43.2 Å². The standard InChI is InChI=1S/C38H33ClN2O7/c1-22-17-26(10-12-33(22)41-37(44)30-11-9-25(39)21-32(30)38(41)45)40-36(43)34-19-24(20-35(48-34)47-16-15-46-14-13-42)28-7-4-8-29-27-6-3-2-5-23(27)18-31(28)29/h2-12,17,19,21,24,35,42H,13-16,18,20H2,1H3,(H,40,43)/t24-,35+/m1/s1. The van der Waals surface area contributed by atoms with Crippen LogP contribution in [0.3, 0.4) is 0 Å². The highest BCUT2D eigenvalue weighted by atomic mass is 35.5. The van der Waals surface area contributed by atoms with Crippen LogP contribution in [0.2, 0.25) is 5.02 Å². The molecule has 0 fully saturated rings. The first-order valence-electron chi connectivity index (χ1n) is 15.8. The van der Waals surface area contributed by atoms with E-state index in [4.69, 9.17) is 30.9 Å². The van der Waals surface area contributed by atoms with Gasteiger partial charge in [0.1, 0.15) is 0 Å². The van der Waals surface area contributed by atoms with Gasteiger partial charge < -0.3 is 24.6 Å². The first-order chi connectivity index (χ1) is 23.3. The second-order valence-electron chi connectivity index (χ2n) is 11.9. The van der Waals surface area contributed by atoms with Gasteiger partial charge in [0, 0.05) is 23.0 Å². The van der Waals surface area contributed by atoms with Crippen molar-refractivity contribution in [2.45, 2.75) is 32.0 Å². The number of allylic oxidation sites excluding steroid dienone is 1. The molecule has 48 heavy (non-hydrogen) atoms. The number of anilines is 2. The van der Waals surface area contributed by atoms with Crippen LogP contribution in [-0.2, 0) is 25.4 Å². The molecule has 0 spiro atoms. The molecule has 0 radical (unpaired) electrons. The number of halogens is 1. The van der Waals surface area contributed by atoms with Crippen molar-refractivity contribution in [1.82, 2.24) is 0 Å². The van der Waals surface area contributed by atoms with Gasteiger partial charge in [-0.3, -0.25) is 14.4 Å². The minimum atomic E-state index is -0.704. The molecule has 3 aliphatic rings. The second-order valence-corrected chi connectivity index (χ2v) is 12.4. The first kappa shape index (κ1) is 31.8. The summed E-state index contributed by atoms with van der Waals surface area (Å²) in [6.07, 6.45) is 2.45. The molecular formula is C38H33ClN2O7. The topological polar surface area (TPSA) is 114 Å². The number of nitrogens with one attached hydrogen (secondary N) is 1. The molecule has 3 amide bonds. The molecule has 2 atom stereocenters. The Morgan fingerprint density at radius 2 is 1.75 bits per heavy atom. The molecule has 0 saturated heterocycles. The maximum absolute atomic E-state index is 13.7. The molecule has 1 aliphatic carbocycles. The van der Waals surface area contributed by atoms with E-state index in [9.17, 15) is 14.4 Å². The number of hydrogen-bond donors (Lipinski definition) is 2. The lowest BCUT2D eigenvalue weighted by Gasteiger charge is -2.30. The minimum Gasteiger partial charge on any atom is -0.459 e. The number of carbonyl (C=O) groups is 3. The molecule has 4 aromatic rings. The molecule has 2 N–H and O–H groups in total. The number of carbonyl (C=O) groups excluding carboxylic acids is 3. The van der Waals surface area contributed by atoms with Crippen molar-refractivity contribution in [3.05, 3.63) is 129 Å². The number of aliphatic hydroxyl groups excluding tert-OH is 1. The smallest absolute Gasteiger partial charge is 0.290 e.